The molecule has 3 N–H and O–H groups in total. The molecule has 0 saturated heterocycles. The van der Waals surface area contributed by atoms with Crippen molar-refractivity contribution in [3.63, 3.8) is 0 Å². The van der Waals surface area contributed by atoms with Crippen LogP contribution in [0, 0.1) is 0 Å². The summed E-state index contributed by atoms with van der Waals surface area (Å²) in [6, 6.07) is 0. The molecule has 0 aliphatic rings. The molecular weight excluding hydrogens is 172 g/mol. The third-order valence-corrected chi connectivity index (χ3v) is 2.11. The number of nitrogens with two attached hydrogens (primary N) is 1. The summed E-state index contributed by atoms with van der Waals surface area (Å²) in [4.78, 5) is 11.3. The Labute approximate surface area is 74.9 Å². The van der Waals surface area contributed by atoms with E-state index in [1.165, 1.54) is 11.3 Å². The Morgan fingerprint density at radius 3 is 3.00 bits per heavy atom. The third kappa shape index (κ3) is 1.85. The molecule has 0 aromatic carbocycles. The van der Waals surface area contributed by atoms with Gasteiger partial charge in [0.1, 0.15) is 0 Å². The van der Waals surface area contributed by atoms with Crippen molar-refractivity contribution in [3.8, 4) is 0 Å². The maximum Gasteiger partial charge on any atom is 0.254 e. The first-order valence-corrected chi connectivity index (χ1v) is 4.40. The van der Waals surface area contributed by atoms with E-state index in [2.05, 4.69) is 11.9 Å². The number of rotatable bonds is 3. The van der Waals surface area contributed by atoms with Crippen LogP contribution in [0.3, 0.4) is 0 Å². The lowest BCUT2D eigenvalue weighted by Crippen LogP contribution is -2.23. The van der Waals surface area contributed by atoms with Gasteiger partial charge in [-0.3, -0.25) is 4.79 Å². The summed E-state index contributed by atoms with van der Waals surface area (Å²) in [7, 11) is 0. The molecule has 1 heterocycles. The highest BCUT2D eigenvalue weighted by Crippen LogP contribution is 2.16. The molecule has 1 amide bonds. The molecule has 0 unspecified atom stereocenters. The van der Waals surface area contributed by atoms with Gasteiger partial charge in [-0.05, 0) is 0 Å². The van der Waals surface area contributed by atoms with Crippen LogP contribution in [0.4, 0.5) is 5.69 Å². The van der Waals surface area contributed by atoms with Crippen molar-refractivity contribution < 1.29 is 4.79 Å². The first-order chi connectivity index (χ1) is 5.75. The average Bonchev–Trinajstić information content (AvgIpc) is 2.47. The van der Waals surface area contributed by atoms with E-state index < -0.39 is 0 Å². The summed E-state index contributed by atoms with van der Waals surface area (Å²) in [6.07, 6.45) is 1.63. The monoisotopic (exact) mass is 182 g/mol. The molecule has 0 atom stereocenters. The Balaban J connectivity index is 2.65. The van der Waals surface area contributed by atoms with Crippen LogP contribution < -0.4 is 11.1 Å². The van der Waals surface area contributed by atoms with Gasteiger partial charge in [-0.25, -0.2) is 0 Å². The molecule has 0 aliphatic heterocycles. The van der Waals surface area contributed by atoms with Crippen LogP contribution in [0.1, 0.15) is 10.4 Å². The van der Waals surface area contributed by atoms with Crippen molar-refractivity contribution in [2.45, 2.75) is 0 Å². The minimum absolute atomic E-state index is 0.145. The van der Waals surface area contributed by atoms with E-state index in [1.807, 2.05) is 0 Å². The molecule has 0 aliphatic carbocycles. The van der Waals surface area contributed by atoms with E-state index in [0.29, 0.717) is 17.8 Å². The number of nitrogens with one attached hydrogen (secondary N) is 1. The quantitative estimate of drug-likeness (QED) is 0.691. The predicted molar refractivity (Wildman–Crippen MR) is 51.3 cm³/mol. The van der Waals surface area contributed by atoms with Crippen LogP contribution in [0.5, 0.6) is 0 Å². The molecule has 0 spiro atoms. The van der Waals surface area contributed by atoms with Gasteiger partial charge in [0.05, 0.1) is 11.3 Å². The van der Waals surface area contributed by atoms with Gasteiger partial charge in [-0.1, -0.05) is 6.08 Å². The van der Waals surface area contributed by atoms with Gasteiger partial charge in [0.15, 0.2) is 0 Å². The zero-order valence-corrected chi connectivity index (χ0v) is 7.36. The maximum absolute atomic E-state index is 11.3. The van der Waals surface area contributed by atoms with Gasteiger partial charge in [-0.15, -0.1) is 17.9 Å². The van der Waals surface area contributed by atoms with Crippen LogP contribution in [0.2, 0.25) is 0 Å². The number of hydrogen-bond acceptors (Lipinski definition) is 3. The van der Waals surface area contributed by atoms with Crippen LogP contribution in [0.25, 0.3) is 0 Å². The van der Waals surface area contributed by atoms with E-state index in [4.69, 9.17) is 5.73 Å². The fourth-order valence-electron chi connectivity index (χ4n) is 0.752. The lowest BCUT2D eigenvalue weighted by atomic mass is 10.3. The van der Waals surface area contributed by atoms with Crippen molar-refractivity contribution in [3.05, 3.63) is 29.0 Å². The molecule has 64 valence electrons. The normalized spacial score (nSPS) is 9.33. The summed E-state index contributed by atoms with van der Waals surface area (Å²) in [5.74, 6) is -0.145. The highest BCUT2D eigenvalue weighted by molar-refractivity contribution is 7.08. The second-order valence-electron chi connectivity index (χ2n) is 2.24. The highest BCUT2D eigenvalue weighted by atomic mass is 32.1. The number of hydrogen-bond donors (Lipinski definition) is 2. The Bertz CT molecular complexity index is 293. The minimum Gasteiger partial charge on any atom is -0.397 e. The molecule has 0 bridgehead atoms. The van der Waals surface area contributed by atoms with Crippen LogP contribution in [-0.2, 0) is 0 Å². The van der Waals surface area contributed by atoms with E-state index in [0.717, 1.165) is 0 Å². The molecule has 3 nitrogen and oxygen atoms in total. The Morgan fingerprint density at radius 2 is 2.50 bits per heavy atom. The van der Waals surface area contributed by atoms with Crippen LogP contribution in [-0.4, -0.2) is 12.5 Å². The predicted octanol–water partition coefficient (Wildman–Crippen LogP) is 1.25. The van der Waals surface area contributed by atoms with Gasteiger partial charge in [0, 0.05) is 17.3 Å². The molecule has 0 fully saturated rings. The molecule has 0 radical (unpaired) electrons. The largest absolute Gasteiger partial charge is 0.397 e. The van der Waals surface area contributed by atoms with E-state index >= 15 is 0 Å². The Hall–Kier alpha value is -1.29. The molecule has 0 saturated carbocycles. The summed E-state index contributed by atoms with van der Waals surface area (Å²) < 4.78 is 0. The van der Waals surface area contributed by atoms with E-state index in [-0.39, 0.29) is 5.91 Å². The summed E-state index contributed by atoms with van der Waals surface area (Å²) >= 11 is 1.42. The second kappa shape index (κ2) is 3.92. The van der Waals surface area contributed by atoms with Crippen molar-refractivity contribution >= 4 is 22.9 Å². The fourth-order valence-corrected chi connectivity index (χ4v) is 1.47. The molecule has 1 aromatic rings. The smallest absolute Gasteiger partial charge is 0.254 e. The zero-order chi connectivity index (χ0) is 8.97. The number of carbonyl (C=O) groups excluding carboxylic acids is 1. The summed E-state index contributed by atoms with van der Waals surface area (Å²) in [5, 5.41) is 6.11. The maximum atomic E-state index is 11.3. The summed E-state index contributed by atoms with van der Waals surface area (Å²) in [5.41, 5.74) is 6.61. The summed E-state index contributed by atoms with van der Waals surface area (Å²) in [6.45, 7) is 3.96. The van der Waals surface area contributed by atoms with E-state index in [9.17, 15) is 4.79 Å². The van der Waals surface area contributed by atoms with Gasteiger partial charge in [0.25, 0.3) is 5.91 Å². The molecule has 4 heteroatoms. The van der Waals surface area contributed by atoms with Crippen molar-refractivity contribution in [2.24, 2.45) is 0 Å². The molecule has 1 aromatic heterocycles. The first-order valence-electron chi connectivity index (χ1n) is 3.46. The lowest BCUT2D eigenvalue weighted by Gasteiger charge is -1.99. The lowest BCUT2D eigenvalue weighted by molar-refractivity contribution is 0.0959. The number of nitrogen functional groups attached to an aromatic ring is 1. The minimum atomic E-state index is -0.145. The molecule has 12 heavy (non-hydrogen) atoms. The highest BCUT2D eigenvalue weighted by Gasteiger charge is 2.08. The number of carbonyl (C=O) groups is 1. The number of thiophene rings is 1. The van der Waals surface area contributed by atoms with Gasteiger partial charge in [-0.2, -0.15) is 0 Å². The van der Waals surface area contributed by atoms with Crippen molar-refractivity contribution in [2.75, 3.05) is 12.3 Å². The molecular formula is C8H10N2OS. The van der Waals surface area contributed by atoms with Crippen molar-refractivity contribution in [1.29, 1.82) is 0 Å². The number of anilines is 1. The topological polar surface area (TPSA) is 55.1 Å². The Kier molecular flexibility index (Phi) is 2.88. The van der Waals surface area contributed by atoms with Crippen LogP contribution >= 0.6 is 11.3 Å². The first kappa shape index (κ1) is 8.80. The Morgan fingerprint density at radius 1 is 1.75 bits per heavy atom. The van der Waals surface area contributed by atoms with Crippen molar-refractivity contribution in [1.82, 2.24) is 5.32 Å². The van der Waals surface area contributed by atoms with E-state index in [1.54, 1.807) is 16.8 Å². The van der Waals surface area contributed by atoms with Gasteiger partial charge in [0.2, 0.25) is 0 Å². The van der Waals surface area contributed by atoms with Gasteiger partial charge >= 0.3 is 0 Å². The van der Waals surface area contributed by atoms with Crippen LogP contribution in [0.15, 0.2) is 23.4 Å². The number of amides is 1. The van der Waals surface area contributed by atoms with Gasteiger partial charge < -0.3 is 11.1 Å². The standard InChI is InChI=1S/C8H10N2OS/c1-2-3-10-8(11)6-4-12-5-7(6)9/h2,4-5H,1,3,9H2,(H,10,11). The molecule has 1 rings (SSSR count). The zero-order valence-electron chi connectivity index (χ0n) is 6.54. The average molecular weight is 182 g/mol. The fraction of sp³-hybridized carbons (Fsp3) is 0.125. The third-order valence-electron chi connectivity index (χ3n) is 1.34. The SMILES string of the molecule is C=CCNC(=O)c1cscc1N. The second-order valence-corrected chi connectivity index (χ2v) is 2.98.